The SMILES string of the molecule is CCC(CC)C(=O)NCc1cc2cc(OC)c(OC)cc2[nH]c1=O. The van der Waals surface area contributed by atoms with Gasteiger partial charge in [-0.25, -0.2) is 0 Å². The highest BCUT2D eigenvalue weighted by atomic mass is 16.5. The Morgan fingerprint density at radius 3 is 2.33 bits per heavy atom. The van der Waals surface area contributed by atoms with E-state index >= 15 is 0 Å². The van der Waals surface area contributed by atoms with Crippen molar-refractivity contribution < 1.29 is 14.3 Å². The van der Waals surface area contributed by atoms with E-state index < -0.39 is 0 Å². The number of benzene rings is 1. The van der Waals surface area contributed by atoms with Gasteiger partial charge in [0.05, 0.1) is 19.7 Å². The minimum Gasteiger partial charge on any atom is -0.493 e. The maximum absolute atomic E-state index is 12.2. The molecule has 2 N–H and O–H groups in total. The predicted octanol–water partition coefficient (Wildman–Crippen LogP) is 2.60. The summed E-state index contributed by atoms with van der Waals surface area (Å²) in [6.07, 6.45) is 1.57. The van der Waals surface area contributed by atoms with Crippen LogP contribution in [0.15, 0.2) is 23.0 Å². The Hall–Kier alpha value is -2.50. The third-order valence-corrected chi connectivity index (χ3v) is 4.23. The van der Waals surface area contributed by atoms with E-state index in [1.165, 1.54) is 0 Å². The summed E-state index contributed by atoms with van der Waals surface area (Å²) in [5.41, 5.74) is 0.946. The molecule has 130 valence electrons. The highest BCUT2D eigenvalue weighted by Gasteiger charge is 2.15. The summed E-state index contributed by atoms with van der Waals surface area (Å²) in [5.74, 6) is 1.10. The molecular weight excluding hydrogens is 308 g/mol. The number of pyridine rings is 1. The van der Waals surface area contributed by atoms with Gasteiger partial charge in [-0.15, -0.1) is 0 Å². The van der Waals surface area contributed by atoms with Crippen LogP contribution in [0.25, 0.3) is 10.9 Å². The van der Waals surface area contributed by atoms with Crippen LogP contribution in [0.3, 0.4) is 0 Å². The number of nitrogens with one attached hydrogen (secondary N) is 2. The minimum atomic E-state index is -0.223. The van der Waals surface area contributed by atoms with Gasteiger partial charge in [-0.05, 0) is 25.0 Å². The third kappa shape index (κ3) is 3.69. The van der Waals surface area contributed by atoms with Gasteiger partial charge in [0.25, 0.3) is 5.56 Å². The number of carbonyl (C=O) groups excluding carboxylic acids is 1. The lowest BCUT2D eigenvalue weighted by Gasteiger charge is -2.13. The fourth-order valence-corrected chi connectivity index (χ4v) is 2.70. The summed E-state index contributed by atoms with van der Waals surface area (Å²) < 4.78 is 10.5. The number of hydrogen-bond acceptors (Lipinski definition) is 4. The fraction of sp³-hybridized carbons (Fsp3) is 0.444. The number of hydrogen-bond donors (Lipinski definition) is 2. The zero-order valence-electron chi connectivity index (χ0n) is 14.6. The molecule has 0 atom stereocenters. The fourth-order valence-electron chi connectivity index (χ4n) is 2.70. The molecule has 0 unspecified atom stereocenters. The maximum atomic E-state index is 12.2. The quantitative estimate of drug-likeness (QED) is 0.817. The second-order valence-corrected chi connectivity index (χ2v) is 5.65. The van der Waals surface area contributed by atoms with E-state index in [0.717, 1.165) is 18.2 Å². The average Bonchev–Trinajstić information content (AvgIpc) is 2.59. The van der Waals surface area contributed by atoms with Gasteiger partial charge >= 0.3 is 0 Å². The summed E-state index contributed by atoms with van der Waals surface area (Å²) >= 11 is 0. The van der Waals surface area contributed by atoms with Crippen LogP contribution in [0.4, 0.5) is 0 Å². The normalized spacial score (nSPS) is 10.9. The molecule has 2 aromatic rings. The Balaban J connectivity index is 2.30. The molecule has 0 aliphatic rings. The molecule has 2 rings (SSSR count). The number of H-pyrrole nitrogens is 1. The first kappa shape index (κ1) is 17.8. The maximum Gasteiger partial charge on any atom is 0.253 e. The average molecular weight is 332 g/mol. The van der Waals surface area contributed by atoms with Crippen LogP contribution in [-0.2, 0) is 11.3 Å². The number of aromatic amines is 1. The van der Waals surface area contributed by atoms with Crippen LogP contribution in [0.5, 0.6) is 11.5 Å². The van der Waals surface area contributed by atoms with Gasteiger partial charge in [0, 0.05) is 29.5 Å². The van der Waals surface area contributed by atoms with Crippen molar-refractivity contribution in [2.45, 2.75) is 33.2 Å². The molecule has 1 amide bonds. The Morgan fingerprint density at radius 1 is 1.12 bits per heavy atom. The number of fused-ring (bicyclic) bond motifs is 1. The van der Waals surface area contributed by atoms with Crippen molar-refractivity contribution in [1.29, 1.82) is 0 Å². The number of aromatic nitrogens is 1. The first-order chi connectivity index (χ1) is 11.5. The standard InChI is InChI=1S/C18H24N2O4/c1-5-11(6-2)17(21)19-10-13-7-12-8-15(23-3)16(24-4)9-14(12)20-18(13)22/h7-9,11H,5-6,10H2,1-4H3,(H,19,21)(H,20,22). The lowest BCUT2D eigenvalue weighted by Crippen LogP contribution is -2.31. The lowest BCUT2D eigenvalue weighted by molar-refractivity contribution is -0.125. The van der Waals surface area contributed by atoms with Crippen LogP contribution in [-0.4, -0.2) is 25.1 Å². The van der Waals surface area contributed by atoms with Gasteiger partial charge in [-0.1, -0.05) is 13.8 Å². The van der Waals surface area contributed by atoms with Crippen molar-refractivity contribution in [3.63, 3.8) is 0 Å². The van der Waals surface area contributed by atoms with E-state index in [1.54, 1.807) is 32.4 Å². The second kappa shape index (κ2) is 7.86. The van der Waals surface area contributed by atoms with E-state index in [0.29, 0.717) is 22.6 Å². The van der Waals surface area contributed by atoms with Crippen molar-refractivity contribution in [2.24, 2.45) is 5.92 Å². The molecule has 0 aliphatic carbocycles. The zero-order valence-corrected chi connectivity index (χ0v) is 14.6. The molecule has 6 heteroatoms. The van der Waals surface area contributed by atoms with Crippen molar-refractivity contribution >= 4 is 16.8 Å². The minimum absolute atomic E-state index is 0.0195. The number of carbonyl (C=O) groups is 1. The van der Waals surface area contributed by atoms with Gasteiger partial charge in [0.15, 0.2) is 11.5 Å². The third-order valence-electron chi connectivity index (χ3n) is 4.23. The molecule has 1 aromatic carbocycles. The van der Waals surface area contributed by atoms with E-state index in [9.17, 15) is 9.59 Å². The molecule has 0 fully saturated rings. The molecule has 24 heavy (non-hydrogen) atoms. The number of rotatable bonds is 7. The molecular formula is C18H24N2O4. The first-order valence-corrected chi connectivity index (χ1v) is 8.09. The van der Waals surface area contributed by atoms with Crippen LogP contribution in [0.1, 0.15) is 32.3 Å². The van der Waals surface area contributed by atoms with Crippen molar-refractivity contribution in [3.05, 3.63) is 34.1 Å². The monoisotopic (exact) mass is 332 g/mol. The van der Waals surface area contributed by atoms with E-state index in [2.05, 4.69) is 10.3 Å². The molecule has 0 bridgehead atoms. The van der Waals surface area contributed by atoms with Crippen molar-refractivity contribution in [3.8, 4) is 11.5 Å². The number of amides is 1. The summed E-state index contributed by atoms with van der Waals surface area (Å²) in [7, 11) is 3.11. The van der Waals surface area contributed by atoms with Crippen LogP contribution >= 0.6 is 0 Å². The predicted molar refractivity (Wildman–Crippen MR) is 93.6 cm³/mol. The second-order valence-electron chi connectivity index (χ2n) is 5.65. The number of methoxy groups -OCH3 is 2. The molecule has 0 aliphatic heterocycles. The van der Waals surface area contributed by atoms with Gasteiger partial charge in [-0.3, -0.25) is 9.59 Å². The molecule has 1 heterocycles. The highest BCUT2D eigenvalue weighted by Crippen LogP contribution is 2.30. The van der Waals surface area contributed by atoms with E-state index in [4.69, 9.17) is 9.47 Å². The van der Waals surface area contributed by atoms with Crippen LogP contribution in [0.2, 0.25) is 0 Å². The Labute approximate surface area is 141 Å². The van der Waals surface area contributed by atoms with Gasteiger partial charge in [0.2, 0.25) is 5.91 Å². The van der Waals surface area contributed by atoms with Gasteiger partial charge < -0.3 is 19.8 Å². The molecule has 6 nitrogen and oxygen atoms in total. The topological polar surface area (TPSA) is 80.4 Å². The summed E-state index contributed by atoms with van der Waals surface area (Å²) in [6.45, 7) is 4.17. The lowest BCUT2D eigenvalue weighted by atomic mass is 10.0. The van der Waals surface area contributed by atoms with Gasteiger partial charge in [-0.2, -0.15) is 0 Å². The summed E-state index contributed by atoms with van der Waals surface area (Å²) in [5, 5.41) is 3.66. The Kier molecular flexibility index (Phi) is 5.84. The highest BCUT2D eigenvalue weighted by molar-refractivity contribution is 5.83. The molecule has 0 saturated heterocycles. The van der Waals surface area contributed by atoms with Crippen molar-refractivity contribution in [1.82, 2.24) is 10.3 Å². The summed E-state index contributed by atoms with van der Waals surface area (Å²) in [6, 6.07) is 5.29. The summed E-state index contributed by atoms with van der Waals surface area (Å²) in [4.78, 5) is 27.1. The Morgan fingerprint density at radius 2 is 1.75 bits per heavy atom. The first-order valence-electron chi connectivity index (χ1n) is 8.09. The number of ether oxygens (including phenoxy) is 2. The van der Waals surface area contributed by atoms with Crippen LogP contribution in [0, 0.1) is 5.92 Å². The zero-order chi connectivity index (χ0) is 17.7. The van der Waals surface area contributed by atoms with E-state index in [1.807, 2.05) is 13.8 Å². The molecule has 0 radical (unpaired) electrons. The molecule has 1 aromatic heterocycles. The van der Waals surface area contributed by atoms with Crippen LogP contribution < -0.4 is 20.3 Å². The molecule has 0 saturated carbocycles. The smallest absolute Gasteiger partial charge is 0.253 e. The Bertz CT molecular complexity index is 778. The molecule has 0 spiro atoms. The van der Waals surface area contributed by atoms with Gasteiger partial charge in [0.1, 0.15) is 0 Å². The largest absolute Gasteiger partial charge is 0.493 e. The van der Waals surface area contributed by atoms with Crippen molar-refractivity contribution in [2.75, 3.05) is 14.2 Å². The van der Waals surface area contributed by atoms with E-state index in [-0.39, 0.29) is 23.9 Å².